The van der Waals surface area contributed by atoms with E-state index in [2.05, 4.69) is 20.2 Å². The summed E-state index contributed by atoms with van der Waals surface area (Å²) >= 11 is 0. The number of hydrogen-bond donors (Lipinski definition) is 2. The quantitative estimate of drug-likeness (QED) is 0.560. The minimum atomic E-state index is -0.620. The average molecular weight is 340 g/mol. The van der Waals surface area contributed by atoms with E-state index in [1.54, 1.807) is 4.90 Å². The van der Waals surface area contributed by atoms with Crippen LogP contribution in [0.25, 0.3) is 22.6 Å². The summed E-state index contributed by atoms with van der Waals surface area (Å²) in [7, 11) is 0. The SMILES string of the molecule is CCN1C(=O)C(C)(C)c2cc3[nH]c(-c4[nH]ncc4[N+](=O)[O-])nc3cc21. The third-order valence-electron chi connectivity index (χ3n) is 4.71. The van der Waals surface area contributed by atoms with Crippen molar-refractivity contribution in [2.24, 2.45) is 0 Å². The first-order chi connectivity index (χ1) is 11.8. The van der Waals surface area contributed by atoms with Gasteiger partial charge in [0, 0.05) is 6.54 Å². The van der Waals surface area contributed by atoms with Gasteiger partial charge in [0.1, 0.15) is 6.20 Å². The van der Waals surface area contributed by atoms with Crippen LogP contribution >= 0.6 is 0 Å². The molecule has 2 aromatic heterocycles. The van der Waals surface area contributed by atoms with Gasteiger partial charge in [-0.25, -0.2) is 4.98 Å². The summed E-state index contributed by atoms with van der Waals surface area (Å²) in [5, 5.41) is 17.4. The van der Waals surface area contributed by atoms with E-state index in [-0.39, 0.29) is 17.3 Å². The van der Waals surface area contributed by atoms with Gasteiger partial charge in [0.25, 0.3) is 0 Å². The molecule has 1 amide bonds. The Labute approximate surface area is 142 Å². The van der Waals surface area contributed by atoms with Crippen molar-refractivity contribution in [3.8, 4) is 11.5 Å². The number of imidazole rings is 1. The number of aromatic amines is 2. The molecule has 1 aliphatic rings. The topological polar surface area (TPSA) is 121 Å². The molecule has 0 atom stereocenters. The normalized spacial score (nSPS) is 15.8. The van der Waals surface area contributed by atoms with Crippen LogP contribution < -0.4 is 4.90 Å². The molecule has 0 radical (unpaired) electrons. The number of amides is 1. The van der Waals surface area contributed by atoms with Crippen molar-refractivity contribution in [1.82, 2.24) is 20.2 Å². The van der Waals surface area contributed by atoms with Crippen molar-refractivity contribution in [2.75, 3.05) is 11.4 Å². The zero-order valence-electron chi connectivity index (χ0n) is 14.0. The monoisotopic (exact) mass is 340 g/mol. The number of nitrogens with one attached hydrogen (secondary N) is 2. The number of hydrogen-bond acceptors (Lipinski definition) is 5. The number of carbonyl (C=O) groups is 1. The Balaban J connectivity index is 1.91. The van der Waals surface area contributed by atoms with Crippen LogP contribution in [0, 0.1) is 10.1 Å². The van der Waals surface area contributed by atoms with Crippen molar-refractivity contribution in [1.29, 1.82) is 0 Å². The van der Waals surface area contributed by atoms with Gasteiger partial charge in [-0.15, -0.1) is 0 Å². The minimum absolute atomic E-state index is 0.0575. The Hall–Kier alpha value is -3.23. The van der Waals surface area contributed by atoms with Gasteiger partial charge in [-0.2, -0.15) is 5.10 Å². The molecule has 3 heterocycles. The molecule has 0 spiro atoms. The number of fused-ring (bicyclic) bond motifs is 2. The number of nitrogens with zero attached hydrogens (tertiary/aromatic N) is 4. The molecule has 0 unspecified atom stereocenters. The van der Waals surface area contributed by atoms with Crippen molar-refractivity contribution >= 4 is 28.3 Å². The lowest BCUT2D eigenvalue weighted by Gasteiger charge is -2.18. The number of rotatable bonds is 3. The lowest BCUT2D eigenvalue weighted by Crippen LogP contribution is -2.35. The first kappa shape index (κ1) is 15.3. The molecule has 128 valence electrons. The van der Waals surface area contributed by atoms with Crippen LogP contribution in [0.4, 0.5) is 11.4 Å². The van der Waals surface area contributed by atoms with E-state index in [1.807, 2.05) is 32.9 Å². The van der Waals surface area contributed by atoms with Crippen LogP contribution in [0.5, 0.6) is 0 Å². The lowest BCUT2D eigenvalue weighted by atomic mass is 9.86. The van der Waals surface area contributed by atoms with Crippen molar-refractivity contribution < 1.29 is 9.72 Å². The first-order valence-electron chi connectivity index (χ1n) is 7.89. The molecule has 0 saturated heterocycles. The summed E-state index contributed by atoms with van der Waals surface area (Å²) in [5.41, 5.74) is 2.58. The number of likely N-dealkylation sites (N-methyl/N-ethyl adjacent to an activating group) is 1. The fourth-order valence-corrected chi connectivity index (χ4v) is 3.36. The average Bonchev–Trinajstić information content (AvgIpc) is 3.23. The Bertz CT molecular complexity index is 1030. The van der Waals surface area contributed by atoms with Crippen LogP contribution in [0.3, 0.4) is 0 Å². The predicted molar refractivity (Wildman–Crippen MR) is 91.4 cm³/mol. The lowest BCUT2D eigenvalue weighted by molar-refractivity contribution is -0.384. The van der Waals surface area contributed by atoms with Gasteiger partial charge < -0.3 is 9.88 Å². The number of nitro groups is 1. The van der Waals surface area contributed by atoms with E-state index in [1.165, 1.54) is 0 Å². The van der Waals surface area contributed by atoms with Gasteiger partial charge in [-0.1, -0.05) is 0 Å². The highest BCUT2D eigenvalue weighted by atomic mass is 16.6. The van der Waals surface area contributed by atoms with E-state index in [9.17, 15) is 14.9 Å². The summed E-state index contributed by atoms with van der Waals surface area (Å²) in [4.78, 5) is 32.5. The smallest absolute Gasteiger partial charge is 0.317 e. The molecule has 0 fully saturated rings. The molecule has 0 aliphatic carbocycles. The second-order valence-electron chi connectivity index (χ2n) is 6.53. The maximum atomic E-state index is 12.6. The number of benzene rings is 1. The fourth-order valence-electron chi connectivity index (χ4n) is 3.36. The predicted octanol–water partition coefficient (Wildman–Crippen LogP) is 2.51. The van der Waals surface area contributed by atoms with Crippen LogP contribution in [0.15, 0.2) is 18.3 Å². The fraction of sp³-hybridized carbons (Fsp3) is 0.312. The van der Waals surface area contributed by atoms with E-state index >= 15 is 0 Å². The maximum Gasteiger partial charge on any atom is 0.317 e. The van der Waals surface area contributed by atoms with E-state index in [0.29, 0.717) is 17.9 Å². The molecule has 1 aromatic carbocycles. The van der Waals surface area contributed by atoms with Crippen LogP contribution in [0.1, 0.15) is 26.3 Å². The van der Waals surface area contributed by atoms with Crippen LogP contribution in [-0.4, -0.2) is 37.5 Å². The molecular formula is C16H16N6O3. The number of anilines is 1. The third kappa shape index (κ3) is 1.98. The number of H-pyrrole nitrogens is 2. The molecule has 2 N–H and O–H groups in total. The molecule has 3 aromatic rings. The second-order valence-corrected chi connectivity index (χ2v) is 6.53. The van der Waals surface area contributed by atoms with E-state index in [0.717, 1.165) is 23.0 Å². The van der Waals surface area contributed by atoms with Crippen LogP contribution in [-0.2, 0) is 10.2 Å². The minimum Gasteiger partial charge on any atom is -0.336 e. The summed E-state index contributed by atoms with van der Waals surface area (Å²) in [6.45, 7) is 6.29. The van der Waals surface area contributed by atoms with Crippen molar-refractivity contribution in [3.05, 3.63) is 34.0 Å². The summed E-state index contributed by atoms with van der Waals surface area (Å²) in [6.07, 6.45) is 1.16. The highest BCUT2D eigenvalue weighted by Crippen LogP contribution is 2.43. The Kier molecular flexibility index (Phi) is 2.99. The van der Waals surface area contributed by atoms with Gasteiger partial charge >= 0.3 is 5.69 Å². The highest BCUT2D eigenvalue weighted by Gasteiger charge is 2.43. The highest BCUT2D eigenvalue weighted by molar-refractivity contribution is 6.09. The van der Waals surface area contributed by atoms with Gasteiger partial charge in [-0.3, -0.25) is 20.0 Å². The molecule has 9 heteroatoms. The third-order valence-corrected chi connectivity index (χ3v) is 4.71. The maximum absolute atomic E-state index is 12.6. The molecular weight excluding hydrogens is 324 g/mol. The zero-order valence-corrected chi connectivity index (χ0v) is 14.0. The Morgan fingerprint density at radius 2 is 2.12 bits per heavy atom. The number of aromatic nitrogens is 4. The molecule has 9 nitrogen and oxygen atoms in total. The largest absolute Gasteiger partial charge is 0.336 e. The van der Waals surface area contributed by atoms with Gasteiger partial charge in [0.2, 0.25) is 5.91 Å². The number of carbonyl (C=O) groups excluding carboxylic acids is 1. The first-order valence-corrected chi connectivity index (χ1v) is 7.89. The molecule has 1 aliphatic heterocycles. The molecule has 0 bridgehead atoms. The van der Waals surface area contributed by atoms with Gasteiger partial charge in [-0.05, 0) is 38.5 Å². The van der Waals surface area contributed by atoms with Crippen molar-refractivity contribution in [3.63, 3.8) is 0 Å². The van der Waals surface area contributed by atoms with E-state index < -0.39 is 10.3 Å². The van der Waals surface area contributed by atoms with Gasteiger partial charge in [0.05, 0.1) is 27.1 Å². The van der Waals surface area contributed by atoms with Crippen LogP contribution in [0.2, 0.25) is 0 Å². The zero-order chi connectivity index (χ0) is 17.9. The summed E-state index contributed by atoms with van der Waals surface area (Å²) in [6, 6.07) is 3.75. The summed E-state index contributed by atoms with van der Waals surface area (Å²) in [5.74, 6) is 0.400. The van der Waals surface area contributed by atoms with Gasteiger partial charge in [0.15, 0.2) is 11.5 Å². The molecule has 0 saturated carbocycles. The molecule has 25 heavy (non-hydrogen) atoms. The van der Waals surface area contributed by atoms with Crippen molar-refractivity contribution in [2.45, 2.75) is 26.2 Å². The Morgan fingerprint density at radius 1 is 1.36 bits per heavy atom. The Morgan fingerprint density at radius 3 is 2.80 bits per heavy atom. The molecule has 4 rings (SSSR count). The standard InChI is InChI=1S/C16H16N6O3/c1-4-21-11-6-10-9(5-8(11)16(2,3)15(21)23)18-14(19-10)13-12(22(24)25)7-17-20-13/h5-7H,4H2,1-3H3,(H,17,20)(H,18,19). The summed E-state index contributed by atoms with van der Waals surface area (Å²) < 4.78 is 0. The van der Waals surface area contributed by atoms with E-state index in [4.69, 9.17) is 0 Å². The second kappa shape index (κ2) is 4.88.